The summed E-state index contributed by atoms with van der Waals surface area (Å²) in [6, 6.07) is 18.3. The summed E-state index contributed by atoms with van der Waals surface area (Å²) in [5.41, 5.74) is 1.21. The lowest BCUT2D eigenvalue weighted by atomic mass is 10.2. The van der Waals surface area contributed by atoms with Crippen molar-refractivity contribution >= 4 is 11.6 Å². The predicted molar refractivity (Wildman–Crippen MR) is 81.1 cm³/mol. The molecule has 0 radical (unpaired) electrons. The first-order valence-corrected chi connectivity index (χ1v) is 6.62. The number of likely N-dealkylation sites (N-methyl/N-ethyl adjacent to an activating group) is 1. The Balaban J connectivity index is 2.12. The fourth-order valence-corrected chi connectivity index (χ4v) is 1.95. The molecule has 2 aromatic rings. The fraction of sp³-hybridized carbons (Fsp3) is 0.176. The molecule has 0 fully saturated rings. The van der Waals surface area contributed by atoms with E-state index in [1.807, 2.05) is 30.3 Å². The lowest BCUT2D eigenvalue weighted by Gasteiger charge is -2.22. The number of carbonyl (C=O) groups is 1. The van der Waals surface area contributed by atoms with Gasteiger partial charge in [-0.25, -0.2) is 0 Å². The number of ether oxygens (including phenoxy) is 1. The second kappa shape index (κ2) is 6.58. The summed E-state index contributed by atoms with van der Waals surface area (Å²) in [4.78, 5) is 13.9. The molecule has 0 bridgehead atoms. The van der Waals surface area contributed by atoms with Crippen LogP contribution in [0.15, 0.2) is 54.6 Å². The number of hydrogen-bond donors (Lipinski definition) is 0. The molecule has 2 rings (SSSR count). The Morgan fingerprint density at radius 2 is 1.76 bits per heavy atom. The topological polar surface area (TPSA) is 53.3 Å². The average Bonchev–Trinajstić information content (AvgIpc) is 2.54. The molecular formula is C17H16N2O2. The summed E-state index contributed by atoms with van der Waals surface area (Å²) < 4.78 is 5.63. The van der Waals surface area contributed by atoms with E-state index >= 15 is 0 Å². The summed E-state index contributed by atoms with van der Waals surface area (Å²) in [6.45, 7) is 1.68. The normalized spacial score (nSPS) is 11.3. The molecule has 4 heteroatoms. The maximum Gasteiger partial charge on any atom is 0.267 e. The molecule has 0 saturated heterocycles. The Bertz CT molecular complexity index is 662. The van der Waals surface area contributed by atoms with Crippen LogP contribution in [0.25, 0.3) is 0 Å². The van der Waals surface area contributed by atoms with Gasteiger partial charge in [0.15, 0.2) is 6.10 Å². The minimum Gasteiger partial charge on any atom is -0.479 e. The molecule has 1 amide bonds. The Morgan fingerprint density at radius 1 is 1.14 bits per heavy atom. The first kappa shape index (κ1) is 14.6. The lowest BCUT2D eigenvalue weighted by molar-refractivity contribution is -0.124. The molecule has 0 aliphatic rings. The predicted octanol–water partition coefficient (Wildman–Crippen LogP) is 2.99. The molecule has 1 atom stereocenters. The van der Waals surface area contributed by atoms with Gasteiger partial charge in [-0.3, -0.25) is 4.79 Å². The molecule has 0 heterocycles. The van der Waals surface area contributed by atoms with Gasteiger partial charge in [-0.2, -0.15) is 5.26 Å². The van der Waals surface area contributed by atoms with Crippen molar-refractivity contribution in [2.75, 3.05) is 11.9 Å². The van der Waals surface area contributed by atoms with E-state index in [2.05, 4.69) is 6.07 Å². The third kappa shape index (κ3) is 3.40. The van der Waals surface area contributed by atoms with E-state index < -0.39 is 6.10 Å². The molecule has 0 aliphatic carbocycles. The first-order valence-electron chi connectivity index (χ1n) is 6.62. The van der Waals surface area contributed by atoms with E-state index in [0.29, 0.717) is 11.3 Å². The van der Waals surface area contributed by atoms with Crippen molar-refractivity contribution in [3.05, 3.63) is 60.2 Å². The van der Waals surface area contributed by atoms with Gasteiger partial charge < -0.3 is 9.64 Å². The van der Waals surface area contributed by atoms with Crippen molar-refractivity contribution in [3.63, 3.8) is 0 Å². The number of benzene rings is 2. The summed E-state index contributed by atoms with van der Waals surface area (Å²) >= 11 is 0. The van der Waals surface area contributed by atoms with E-state index in [9.17, 15) is 4.79 Å². The number of anilines is 1. The second-order valence-electron chi connectivity index (χ2n) is 4.60. The maximum atomic E-state index is 12.4. The minimum absolute atomic E-state index is 0.172. The number of para-hydroxylation sites is 2. The second-order valence-corrected chi connectivity index (χ2v) is 4.60. The van der Waals surface area contributed by atoms with Crippen LogP contribution in [-0.4, -0.2) is 19.1 Å². The molecule has 0 spiro atoms. The molecule has 0 saturated carbocycles. The van der Waals surface area contributed by atoms with Crippen LogP contribution in [0.5, 0.6) is 5.75 Å². The Kier molecular flexibility index (Phi) is 4.57. The van der Waals surface area contributed by atoms with Crippen LogP contribution in [0.2, 0.25) is 0 Å². The van der Waals surface area contributed by atoms with Gasteiger partial charge >= 0.3 is 0 Å². The van der Waals surface area contributed by atoms with E-state index in [-0.39, 0.29) is 5.91 Å². The van der Waals surface area contributed by atoms with Crippen LogP contribution < -0.4 is 9.64 Å². The highest BCUT2D eigenvalue weighted by molar-refractivity contribution is 5.96. The number of hydrogen-bond acceptors (Lipinski definition) is 3. The van der Waals surface area contributed by atoms with Crippen LogP contribution in [-0.2, 0) is 4.79 Å². The molecule has 0 unspecified atom stereocenters. The Hall–Kier alpha value is -2.80. The van der Waals surface area contributed by atoms with E-state index in [1.165, 1.54) is 0 Å². The maximum absolute atomic E-state index is 12.4. The van der Waals surface area contributed by atoms with Crippen LogP contribution in [0, 0.1) is 11.3 Å². The van der Waals surface area contributed by atoms with Gasteiger partial charge in [0.25, 0.3) is 5.91 Å². The quantitative estimate of drug-likeness (QED) is 0.865. The third-order valence-electron chi connectivity index (χ3n) is 3.13. The van der Waals surface area contributed by atoms with Gasteiger partial charge in [0.2, 0.25) is 0 Å². The van der Waals surface area contributed by atoms with Gasteiger partial charge in [-0.1, -0.05) is 30.3 Å². The molecular weight excluding hydrogens is 264 g/mol. The van der Waals surface area contributed by atoms with Gasteiger partial charge in [-0.15, -0.1) is 0 Å². The van der Waals surface area contributed by atoms with E-state index in [0.717, 1.165) is 5.69 Å². The summed E-state index contributed by atoms with van der Waals surface area (Å²) in [5.74, 6) is 0.247. The van der Waals surface area contributed by atoms with Crippen molar-refractivity contribution in [2.45, 2.75) is 13.0 Å². The smallest absolute Gasteiger partial charge is 0.267 e. The van der Waals surface area contributed by atoms with Crippen LogP contribution in [0.3, 0.4) is 0 Å². The molecule has 0 N–H and O–H groups in total. The van der Waals surface area contributed by atoms with E-state index in [4.69, 9.17) is 10.00 Å². The zero-order valence-electron chi connectivity index (χ0n) is 12.0. The molecule has 4 nitrogen and oxygen atoms in total. The zero-order chi connectivity index (χ0) is 15.2. The SMILES string of the molecule is C[C@H](Oc1ccccc1C#N)C(=O)N(C)c1ccccc1. The van der Waals surface area contributed by atoms with Gasteiger partial charge in [0, 0.05) is 12.7 Å². The lowest BCUT2D eigenvalue weighted by Crippen LogP contribution is -2.38. The summed E-state index contributed by atoms with van der Waals surface area (Å²) in [7, 11) is 1.70. The third-order valence-corrected chi connectivity index (χ3v) is 3.13. The highest BCUT2D eigenvalue weighted by Crippen LogP contribution is 2.20. The molecule has 2 aromatic carbocycles. The molecule has 106 valence electrons. The Labute approximate surface area is 124 Å². The van der Waals surface area contributed by atoms with Gasteiger partial charge in [0.1, 0.15) is 11.8 Å². The van der Waals surface area contributed by atoms with Crippen LogP contribution in [0.1, 0.15) is 12.5 Å². The van der Waals surface area contributed by atoms with Crippen molar-refractivity contribution in [2.24, 2.45) is 0 Å². The molecule has 21 heavy (non-hydrogen) atoms. The van der Waals surface area contributed by atoms with Gasteiger partial charge in [0.05, 0.1) is 5.56 Å². The first-order chi connectivity index (χ1) is 10.1. The van der Waals surface area contributed by atoms with Crippen LogP contribution >= 0.6 is 0 Å². The largest absolute Gasteiger partial charge is 0.479 e. The summed E-state index contributed by atoms with van der Waals surface area (Å²) in [6.07, 6.45) is -0.676. The van der Waals surface area contributed by atoms with Crippen LogP contribution in [0.4, 0.5) is 5.69 Å². The van der Waals surface area contributed by atoms with E-state index in [1.54, 1.807) is 43.1 Å². The molecule has 0 aliphatic heterocycles. The van der Waals surface area contributed by atoms with Crippen molar-refractivity contribution in [1.82, 2.24) is 0 Å². The van der Waals surface area contributed by atoms with Gasteiger partial charge in [-0.05, 0) is 31.2 Å². The summed E-state index contributed by atoms with van der Waals surface area (Å²) in [5, 5.41) is 9.03. The average molecular weight is 280 g/mol. The molecule has 0 aromatic heterocycles. The highest BCUT2D eigenvalue weighted by Gasteiger charge is 2.21. The standard InChI is InChI=1S/C17H16N2O2/c1-13(21-16-11-7-6-8-14(16)12-18)17(20)19(2)15-9-4-3-5-10-15/h3-11,13H,1-2H3/t13-/m0/s1. The fourth-order valence-electron chi connectivity index (χ4n) is 1.95. The highest BCUT2D eigenvalue weighted by atomic mass is 16.5. The monoisotopic (exact) mass is 280 g/mol. The minimum atomic E-state index is -0.676. The number of nitriles is 1. The number of carbonyl (C=O) groups excluding carboxylic acids is 1. The van der Waals surface area contributed by atoms with Crippen molar-refractivity contribution < 1.29 is 9.53 Å². The zero-order valence-corrected chi connectivity index (χ0v) is 12.0. The number of nitrogens with zero attached hydrogens (tertiary/aromatic N) is 2. The Morgan fingerprint density at radius 3 is 2.43 bits per heavy atom. The van der Waals surface area contributed by atoms with Crippen molar-refractivity contribution in [3.8, 4) is 11.8 Å². The number of rotatable bonds is 4. The number of amides is 1. The van der Waals surface area contributed by atoms with Crippen molar-refractivity contribution in [1.29, 1.82) is 5.26 Å².